The maximum atomic E-state index is 5.79. The Bertz CT molecular complexity index is 559. The summed E-state index contributed by atoms with van der Waals surface area (Å²) < 4.78 is 5.52. The molecule has 1 heterocycles. The number of nitrogens with two attached hydrogens (primary N) is 1. The van der Waals surface area contributed by atoms with E-state index >= 15 is 0 Å². The van der Waals surface area contributed by atoms with E-state index < -0.39 is 0 Å². The summed E-state index contributed by atoms with van der Waals surface area (Å²) >= 11 is 0. The summed E-state index contributed by atoms with van der Waals surface area (Å²) in [6, 6.07) is 9.69. The van der Waals surface area contributed by atoms with Crippen LogP contribution in [0.4, 0.5) is 11.5 Å². The summed E-state index contributed by atoms with van der Waals surface area (Å²) in [6.45, 7) is 3.46. The highest BCUT2D eigenvalue weighted by atomic mass is 16.5. The predicted octanol–water partition coefficient (Wildman–Crippen LogP) is 2.48. The monoisotopic (exact) mass is 272 g/mol. The van der Waals surface area contributed by atoms with E-state index in [1.165, 1.54) is 6.33 Å². The summed E-state index contributed by atoms with van der Waals surface area (Å²) in [7, 11) is 1.98. The van der Waals surface area contributed by atoms with E-state index in [2.05, 4.69) is 16.9 Å². The van der Waals surface area contributed by atoms with Crippen LogP contribution >= 0.6 is 0 Å². The van der Waals surface area contributed by atoms with Crippen molar-refractivity contribution < 1.29 is 4.74 Å². The average Bonchev–Trinajstić information content (AvgIpc) is 2.45. The number of benzene rings is 1. The van der Waals surface area contributed by atoms with Crippen LogP contribution in [0, 0.1) is 0 Å². The maximum Gasteiger partial charge on any atom is 0.218 e. The lowest BCUT2D eigenvalue weighted by molar-refractivity contribution is 0.304. The van der Waals surface area contributed by atoms with Gasteiger partial charge in [-0.3, -0.25) is 0 Å². The zero-order valence-corrected chi connectivity index (χ0v) is 11.9. The molecule has 2 N–H and O–H groups in total. The van der Waals surface area contributed by atoms with Crippen LogP contribution in [0.1, 0.15) is 18.9 Å². The van der Waals surface area contributed by atoms with E-state index in [0.717, 1.165) is 30.0 Å². The fourth-order valence-corrected chi connectivity index (χ4v) is 1.87. The molecule has 5 heteroatoms. The molecule has 0 atom stereocenters. The lowest BCUT2D eigenvalue weighted by atomic mass is 10.2. The molecule has 5 nitrogen and oxygen atoms in total. The first-order chi connectivity index (χ1) is 9.69. The van der Waals surface area contributed by atoms with E-state index in [-0.39, 0.29) is 0 Å². The van der Waals surface area contributed by atoms with Gasteiger partial charge in [-0.05, 0) is 24.1 Å². The van der Waals surface area contributed by atoms with Gasteiger partial charge in [0.15, 0.2) is 0 Å². The van der Waals surface area contributed by atoms with Crippen molar-refractivity contribution in [1.82, 2.24) is 9.97 Å². The van der Waals surface area contributed by atoms with Gasteiger partial charge in [-0.2, -0.15) is 0 Å². The van der Waals surface area contributed by atoms with E-state index in [1.54, 1.807) is 0 Å². The minimum absolute atomic E-state index is 0.608. The maximum absolute atomic E-state index is 5.79. The fraction of sp³-hybridized carbons (Fsp3) is 0.333. The Morgan fingerprint density at radius 2 is 2.10 bits per heavy atom. The van der Waals surface area contributed by atoms with Gasteiger partial charge in [0.2, 0.25) is 5.88 Å². The number of nitrogen functional groups attached to an aromatic ring is 1. The Kier molecular flexibility index (Phi) is 4.76. The molecule has 20 heavy (non-hydrogen) atoms. The molecule has 0 bridgehead atoms. The number of aromatic nitrogens is 2. The van der Waals surface area contributed by atoms with Gasteiger partial charge in [-0.1, -0.05) is 19.1 Å². The van der Waals surface area contributed by atoms with E-state index in [0.29, 0.717) is 12.5 Å². The highest BCUT2D eigenvalue weighted by molar-refractivity contribution is 5.44. The van der Waals surface area contributed by atoms with Crippen LogP contribution in [-0.4, -0.2) is 23.6 Å². The molecule has 0 radical (unpaired) electrons. The molecule has 1 aromatic carbocycles. The van der Waals surface area contributed by atoms with Crippen LogP contribution in [0.2, 0.25) is 0 Å². The Labute approximate surface area is 119 Å². The molecular weight excluding hydrogens is 252 g/mol. The van der Waals surface area contributed by atoms with Gasteiger partial charge in [-0.25, -0.2) is 9.97 Å². The third kappa shape index (κ3) is 3.85. The Morgan fingerprint density at radius 3 is 2.85 bits per heavy atom. The molecule has 0 fully saturated rings. The number of rotatable bonds is 6. The first-order valence-corrected chi connectivity index (χ1v) is 6.69. The Hall–Kier alpha value is -2.30. The second-order valence-electron chi connectivity index (χ2n) is 4.66. The zero-order valence-electron chi connectivity index (χ0n) is 11.9. The standard InChI is InChI=1S/C15H20N4O/c1-3-7-20-15-9-14(17-11-18-15)19(2)10-12-5-4-6-13(16)8-12/h4-6,8-9,11H,3,7,10,16H2,1-2H3. The molecule has 0 unspecified atom stereocenters. The van der Waals surface area contributed by atoms with Crippen molar-refractivity contribution in [2.45, 2.75) is 19.9 Å². The van der Waals surface area contributed by atoms with Crippen LogP contribution in [0.5, 0.6) is 5.88 Å². The number of hydrogen-bond donors (Lipinski definition) is 1. The van der Waals surface area contributed by atoms with Gasteiger partial charge in [0, 0.05) is 25.3 Å². The lowest BCUT2D eigenvalue weighted by Crippen LogP contribution is -2.18. The Balaban J connectivity index is 2.06. The van der Waals surface area contributed by atoms with E-state index in [4.69, 9.17) is 10.5 Å². The predicted molar refractivity (Wildman–Crippen MR) is 80.8 cm³/mol. The van der Waals surface area contributed by atoms with Crippen LogP contribution in [0.3, 0.4) is 0 Å². The second-order valence-corrected chi connectivity index (χ2v) is 4.66. The third-order valence-corrected chi connectivity index (χ3v) is 2.84. The largest absolute Gasteiger partial charge is 0.478 e. The molecule has 0 aliphatic carbocycles. The van der Waals surface area contributed by atoms with Crippen molar-refractivity contribution in [3.8, 4) is 5.88 Å². The number of hydrogen-bond acceptors (Lipinski definition) is 5. The van der Waals surface area contributed by atoms with Crippen LogP contribution in [0.15, 0.2) is 36.7 Å². The van der Waals surface area contributed by atoms with Gasteiger partial charge in [0.05, 0.1) is 6.61 Å². The van der Waals surface area contributed by atoms with Crippen LogP contribution in [-0.2, 0) is 6.54 Å². The quantitative estimate of drug-likeness (QED) is 0.818. The lowest BCUT2D eigenvalue weighted by Gasteiger charge is -2.18. The van der Waals surface area contributed by atoms with Gasteiger partial charge >= 0.3 is 0 Å². The molecule has 2 rings (SSSR count). The first-order valence-electron chi connectivity index (χ1n) is 6.69. The average molecular weight is 272 g/mol. The number of nitrogens with zero attached hydrogens (tertiary/aromatic N) is 3. The summed E-state index contributed by atoms with van der Waals surface area (Å²) in [6.07, 6.45) is 2.48. The Morgan fingerprint density at radius 1 is 1.25 bits per heavy atom. The summed E-state index contributed by atoms with van der Waals surface area (Å²) in [5.74, 6) is 1.44. The number of anilines is 2. The SMILES string of the molecule is CCCOc1cc(N(C)Cc2cccc(N)c2)ncn1. The number of ether oxygens (including phenoxy) is 1. The van der Waals surface area contributed by atoms with Crippen molar-refractivity contribution in [3.05, 3.63) is 42.2 Å². The van der Waals surface area contributed by atoms with Crippen LogP contribution < -0.4 is 15.4 Å². The summed E-state index contributed by atoms with van der Waals surface area (Å²) in [4.78, 5) is 10.4. The molecule has 0 spiro atoms. The third-order valence-electron chi connectivity index (χ3n) is 2.84. The van der Waals surface area contributed by atoms with E-state index in [9.17, 15) is 0 Å². The molecule has 0 aliphatic rings. The van der Waals surface area contributed by atoms with E-state index in [1.807, 2.05) is 42.3 Å². The van der Waals surface area contributed by atoms with Crippen LogP contribution in [0.25, 0.3) is 0 Å². The fourth-order valence-electron chi connectivity index (χ4n) is 1.87. The van der Waals surface area contributed by atoms with Gasteiger partial charge in [-0.15, -0.1) is 0 Å². The molecule has 0 saturated carbocycles. The minimum Gasteiger partial charge on any atom is -0.478 e. The first kappa shape index (κ1) is 14.1. The normalized spacial score (nSPS) is 10.3. The highest BCUT2D eigenvalue weighted by Crippen LogP contribution is 2.17. The summed E-state index contributed by atoms with van der Waals surface area (Å²) in [5.41, 5.74) is 7.70. The topological polar surface area (TPSA) is 64.3 Å². The molecular formula is C15H20N4O. The molecule has 106 valence electrons. The van der Waals surface area contributed by atoms with Crippen molar-refractivity contribution in [2.75, 3.05) is 24.3 Å². The summed E-state index contributed by atoms with van der Waals surface area (Å²) in [5, 5.41) is 0. The van der Waals surface area contributed by atoms with Crippen molar-refractivity contribution in [1.29, 1.82) is 0 Å². The second kappa shape index (κ2) is 6.75. The van der Waals surface area contributed by atoms with Gasteiger partial charge in [0.25, 0.3) is 0 Å². The van der Waals surface area contributed by atoms with Crippen molar-refractivity contribution >= 4 is 11.5 Å². The molecule has 1 aromatic heterocycles. The van der Waals surface area contributed by atoms with Gasteiger partial charge < -0.3 is 15.4 Å². The highest BCUT2D eigenvalue weighted by Gasteiger charge is 2.06. The zero-order chi connectivity index (χ0) is 14.4. The molecule has 0 saturated heterocycles. The smallest absolute Gasteiger partial charge is 0.218 e. The van der Waals surface area contributed by atoms with Crippen molar-refractivity contribution in [3.63, 3.8) is 0 Å². The van der Waals surface area contributed by atoms with Crippen molar-refractivity contribution in [2.24, 2.45) is 0 Å². The van der Waals surface area contributed by atoms with Gasteiger partial charge in [0.1, 0.15) is 12.1 Å². The minimum atomic E-state index is 0.608. The molecule has 0 amide bonds. The molecule has 0 aliphatic heterocycles. The molecule has 2 aromatic rings.